The Kier molecular flexibility index (Phi) is 10.1. The van der Waals surface area contributed by atoms with E-state index in [9.17, 15) is 4.79 Å². The molecule has 0 N–H and O–H groups in total. The number of ketones is 1. The second kappa shape index (κ2) is 12.4. The first-order valence-electron chi connectivity index (χ1n) is 11.3. The molecule has 1 aliphatic carbocycles. The van der Waals surface area contributed by atoms with Crippen LogP contribution in [0.3, 0.4) is 0 Å². The van der Waals surface area contributed by atoms with Gasteiger partial charge in [0, 0.05) is 25.2 Å². The minimum atomic E-state index is 0.283. The lowest BCUT2D eigenvalue weighted by Gasteiger charge is -2.27. The van der Waals surface area contributed by atoms with Crippen LogP contribution in [0, 0.1) is 11.8 Å². The molecule has 0 aromatic rings. The van der Waals surface area contributed by atoms with E-state index in [0.717, 1.165) is 18.8 Å². The topological polar surface area (TPSA) is 20.3 Å². The summed E-state index contributed by atoms with van der Waals surface area (Å²) in [7, 11) is 0. The molecule has 0 amide bonds. The Morgan fingerprint density at radius 3 is 2.31 bits per heavy atom. The van der Waals surface area contributed by atoms with Gasteiger partial charge in [0.1, 0.15) is 0 Å². The van der Waals surface area contributed by atoms with Crippen LogP contribution in [-0.4, -0.2) is 23.8 Å². The molecule has 0 aromatic heterocycles. The van der Waals surface area contributed by atoms with Gasteiger partial charge in [-0.05, 0) is 69.4 Å². The Morgan fingerprint density at radius 1 is 0.923 bits per heavy atom. The molecule has 0 spiro atoms. The average Bonchev–Trinajstić information content (AvgIpc) is 2.67. The van der Waals surface area contributed by atoms with E-state index in [-0.39, 0.29) is 5.92 Å². The standard InChI is InChI=1S/C24H41NO/c1-3-4-5-6-8-11-22-13-15-23(16-14-22)24(26)17-12-21(2)20-25-18-9-7-10-19-25/h12,17,20,22-23H,3-11,13-16,18-19H2,1-2H3. The maximum absolute atomic E-state index is 12.5. The van der Waals surface area contributed by atoms with Crippen LogP contribution in [-0.2, 0) is 4.79 Å². The van der Waals surface area contributed by atoms with Crippen LogP contribution in [0.5, 0.6) is 0 Å². The Bertz CT molecular complexity index is 451. The molecule has 1 heterocycles. The highest BCUT2D eigenvalue weighted by Gasteiger charge is 2.24. The Morgan fingerprint density at radius 2 is 1.62 bits per heavy atom. The van der Waals surface area contributed by atoms with E-state index in [1.165, 1.54) is 89.3 Å². The first kappa shape index (κ1) is 21.3. The van der Waals surface area contributed by atoms with Gasteiger partial charge in [-0.2, -0.15) is 0 Å². The van der Waals surface area contributed by atoms with Crippen LogP contribution in [0.1, 0.15) is 97.3 Å². The maximum Gasteiger partial charge on any atom is 0.158 e. The van der Waals surface area contributed by atoms with E-state index in [1.807, 2.05) is 12.2 Å². The van der Waals surface area contributed by atoms with Crippen LogP contribution in [0.25, 0.3) is 0 Å². The van der Waals surface area contributed by atoms with Crippen molar-refractivity contribution in [3.8, 4) is 0 Å². The highest BCUT2D eigenvalue weighted by atomic mass is 16.1. The molecule has 148 valence electrons. The van der Waals surface area contributed by atoms with Gasteiger partial charge in [-0.25, -0.2) is 0 Å². The number of hydrogen-bond acceptors (Lipinski definition) is 2. The van der Waals surface area contributed by atoms with Gasteiger partial charge in [-0.1, -0.05) is 51.5 Å². The van der Waals surface area contributed by atoms with Crippen LogP contribution < -0.4 is 0 Å². The molecule has 2 heteroatoms. The number of allylic oxidation sites excluding steroid dienone is 3. The zero-order valence-corrected chi connectivity index (χ0v) is 17.3. The molecule has 2 nitrogen and oxygen atoms in total. The third-order valence-electron chi connectivity index (χ3n) is 6.25. The fourth-order valence-electron chi connectivity index (χ4n) is 4.50. The first-order valence-corrected chi connectivity index (χ1v) is 11.3. The molecule has 1 aliphatic heterocycles. The number of piperidine rings is 1. The van der Waals surface area contributed by atoms with E-state index in [1.54, 1.807) is 0 Å². The fraction of sp³-hybridized carbons (Fsp3) is 0.792. The van der Waals surface area contributed by atoms with Crippen molar-refractivity contribution >= 4 is 5.78 Å². The van der Waals surface area contributed by atoms with Crippen molar-refractivity contribution in [1.82, 2.24) is 4.90 Å². The number of nitrogens with zero attached hydrogens (tertiary/aromatic N) is 1. The van der Waals surface area contributed by atoms with Crippen LogP contribution in [0.2, 0.25) is 0 Å². The summed E-state index contributed by atoms with van der Waals surface area (Å²) in [5.74, 6) is 1.52. The van der Waals surface area contributed by atoms with Crippen molar-refractivity contribution in [1.29, 1.82) is 0 Å². The van der Waals surface area contributed by atoms with Crippen molar-refractivity contribution in [2.75, 3.05) is 13.1 Å². The molecule has 0 unspecified atom stereocenters. The van der Waals surface area contributed by atoms with Gasteiger partial charge < -0.3 is 4.90 Å². The molecule has 0 bridgehead atoms. The maximum atomic E-state index is 12.5. The van der Waals surface area contributed by atoms with E-state index in [4.69, 9.17) is 0 Å². The van der Waals surface area contributed by atoms with Gasteiger partial charge >= 0.3 is 0 Å². The van der Waals surface area contributed by atoms with Gasteiger partial charge in [0.25, 0.3) is 0 Å². The van der Waals surface area contributed by atoms with Gasteiger partial charge in [-0.3, -0.25) is 4.79 Å². The van der Waals surface area contributed by atoms with Crippen molar-refractivity contribution in [2.45, 2.75) is 97.3 Å². The summed E-state index contributed by atoms with van der Waals surface area (Å²) >= 11 is 0. The lowest BCUT2D eigenvalue weighted by Crippen LogP contribution is -2.24. The summed E-state index contributed by atoms with van der Waals surface area (Å²) in [5, 5.41) is 0. The zero-order chi connectivity index (χ0) is 18.6. The number of hydrogen-bond donors (Lipinski definition) is 0. The molecule has 1 saturated carbocycles. The molecule has 26 heavy (non-hydrogen) atoms. The average molecular weight is 360 g/mol. The van der Waals surface area contributed by atoms with E-state index in [0.29, 0.717) is 5.78 Å². The number of carbonyl (C=O) groups is 1. The van der Waals surface area contributed by atoms with E-state index < -0.39 is 0 Å². The van der Waals surface area contributed by atoms with Crippen LogP contribution in [0.15, 0.2) is 23.9 Å². The molecule has 1 saturated heterocycles. The third kappa shape index (κ3) is 8.10. The fourth-order valence-corrected chi connectivity index (χ4v) is 4.50. The SMILES string of the molecule is CCCCCCCC1CCC(C(=O)C=CC(C)=CN2CCCCC2)CC1. The lowest BCUT2D eigenvalue weighted by molar-refractivity contribution is -0.119. The smallest absolute Gasteiger partial charge is 0.158 e. The molecular formula is C24H41NO. The summed E-state index contributed by atoms with van der Waals surface area (Å²) in [5.41, 5.74) is 1.21. The highest BCUT2D eigenvalue weighted by Crippen LogP contribution is 2.32. The number of rotatable bonds is 10. The van der Waals surface area contributed by atoms with Crippen LogP contribution >= 0.6 is 0 Å². The predicted octanol–water partition coefficient (Wildman–Crippen LogP) is 6.67. The monoisotopic (exact) mass is 359 g/mol. The Balaban J connectivity index is 1.65. The largest absolute Gasteiger partial charge is 0.377 e. The minimum absolute atomic E-state index is 0.283. The van der Waals surface area contributed by atoms with Crippen molar-refractivity contribution in [3.63, 3.8) is 0 Å². The summed E-state index contributed by atoms with van der Waals surface area (Å²) in [6.07, 6.45) is 23.1. The van der Waals surface area contributed by atoms with Crippen molar-refractivity contribution in [2.24, 2.45) is 11.8 Å². The van der Waals surface area contributed by atoms with Gasteiger partial charge in [0.05, 0.1) is 0 Å². The third-order valence-corrected chi connectivity index (χ3v) is 6.25. The molecule has 0 aromatic carbocycles. The molecule has 2 aliphatic rings. The molecule has 2 rings (SSSR count). The summed E-state index contributed by atoms with van der Waals surface area (Å²) in [6.45, 7) is 6.73. The second-order valence-corrected chi connectivity index (χ2v) is 8.63. The van der Waals surface area contributed by atoms with Crippen molar-refractivity contribution < 1.29 is 4.79 Å². The highest BCUT2D eigenvalue weighted by molar-refractivity contribution is 5.92. The minimum Gasteiger partial charge on any atom is -0.377 e. The number of carbonyl (C=O) groups excluding carboxylic acids is 1. The van der Waals surface area contributed by atoms with Gasteiger partial charge in [0.2, 0.25) is 0 Å². The predicted molar refractivity (Wildman–Crippen MR) is 112 cm³/mol. The quantitative estimate of drug-likeness (QED) is 0.247. The van der Waals surface area contributed by atoms with Crippen LogP contribution in [0.4, 0.5) is 0 Å². The normalized spacial score (nSPS) is 25.0. The van der Waals surface area contributed by atoms with Crippen molar-refractivity contribution in [3.05, 3.63) is 23.9 Å². The Labute approximate surface area is 162 Å². The summed E-state index contributed by atoms with van der Waals surface area (Å²) in [6, 6.07) is 0. The number of unbranched alkanes of at least 4 members (excludes halogenated alkanes) is 4. The molecule has 0 radical (unpaired) electrons. The summed E-state index contributed by atoms with van der Waals surface area (Å²) < 4.78 is 0. The molecular weight excluding hydrogens is 318 g/mol. The molecule has 2 fully saturated rings. The first-order chi connectivity index (χ1) is 12.7. The molecule has 0 atom stereocenters. The van der Waals surface area contributed by atoms with E-state index >= 15 is 0 Å². The summed E-state index contributed by atoms with van der Waals surface area (Å²) in [4.78, 5) is 14.9. The zero-order valence-electron chi connectivity index (χ0n) is 17.3. The number of likely N-dealkylation sites (tertiary alicyclic amines) is 1. The second-order valence-electron chi connectivity index (χ2n) is 8.63. The van der Waals surface area contributed by atoms with Gasteiger partial charge in [0.15, 0.2) is 5.78 Å². The van der Waals surface area contributed by atoms with E-state index in [2.05, 4.69) is 24.9 Å². The van der Waals surface area contributed by atoms with Gasteiger partial charge in [-0.15, -0.1) is 0 Å². The Hall–Kier alpha value is -1.05. The lowest BCUT2D eigenvalue weighted by atomic mass is 9.78.